The molecule has 2 aromatic heterocycles. The van der Waals surface area contributed by atoms with E-state index in [4.69, 9.17) is 15.2 Å². The number of nitrogens with two attached hydrogens (primary N) is 1. The minimum Gasteiger partial charge on any atom is -0.493 e. The van der Waals surface area contributed by atoms with E-state index >= 15 is 0 Å². The van der Waals surface area contributed by atoms with Crippen LogP contribution in [0.4, 0.5) is 11.4 Å². The van der Waals surface area contributed by atoms with Gasteiger partial charge in [-0.1, -0.05) is 24.3 Å². The van der Waals surface area contributed by atoms with Gasteiger partial charge >= 0.3 is 0 Å². The van der Waals surface area contributed by atoms with Crippen LogP contribution in [0.3, 0.4) is 0 Å². The predicted molar refractivity (Wildman–Crippen MR) is 209 cm³/mol. The Kier molecular flexibility index (Phi) is 12.4. The standard InChI is InChI=1S/C42H50N6O6/c1-46-26-30(21-35(46)37(49)11-9-17-43)29-15-13-28(14-16-29)20-38(50)36-22-31(27-47(36)2)45-41(51)12-5-4-8-19-54-40-24-34-33(23-39(40)53-3)42(52)48-18-7-6-10-32(48)25-44-34/h13-16,21-27,32H,4-12,17-20,43H2,1-3H3,(H,45,51)/t32-/m0/s1. The molecule has 1 atom stereocenters. The molecule has 0 unspecified atom stereocenters. The number of rotatable bonds is 17. The molecule has 1 fully saturated rings. The molecule has 2 aromatic carbocycles. The Morgan fingerprint density at radius 2 is 1.65 bits per heavy atom. The summed E-state index contributed by atoms with van der Waals surface area (Å²) < 4.78 is 15.2. The lowest BCUT2D eigenvalue weighted by atomic mass is 10.0. The Labute approximate surface area is 316 Å². The summed E-state index contributed by atoms with van der Waals surface area (Å²) in [5.74, 6) is 0.911. The van der Waals surface area contributed by atoms with E-state index in [9.17, 15) is 19.2 Å². The number of ketones is 2. The summed E-state index contributed by atoms with van der Waals surface area (Å²) >= 11 is 0. The van der Waals surface area contributed by atoms with Gasteiger partial charge in [0.15, 0.2) is 23.1 Å². The molecule has 3 N–H and O–H groups in total. The number of nitrogens with zero attached hydrogens (tertiary/aromatic N) is 4. The van der Waals surface area contributed by atoms with Gasteiger partial charge in [-0.25, -0.2) is 0 Å². The van der Waals surface area contributed by atoms with Crippen LogP contribution in [0, 0.1) is 0 Å². The molecule has 12 heteroatoms. The maximum atomic E-state index is 13.2. The second kappa shape index (κ2) is 17.6. The topological polar surface area (TPSA) is 150 Å². The number of methoxy groups -OCH3 is 1. The summed E-state index contributed by atoms with van der Waals surface area (Å²) in [6, 6.07) is 14.9. The van der Waals surface area contributed by atoms with Gasteiger partial charge in [-0.15, -0.1) is 0 Å². The zero-order valence-corrected chi connectivity index (χ0v) is 31.4. The summed E-state index contributed by atoms with van der Waals surface area (Å²) in [4.78, 5) is 58.3. The van der Waals surface area contributed by atoms with Crippen molar-refractivity contribution in [1.82, 2.24) is 14.0 Å². The lowest BCUT2D eigenvalue weighted by Gasteiger charge is -2.32. The third-order valence-corrected chi connectivity index (χ3v) is 10.1. The van der Waals surface area contributed by atoms with Crippen molar-refractivity contribution in [2.24, 2.45) is 24.8 Å². The third kappa shape index (κ3) is 8.99. The second-order valence-electron chi connectivity index (χ2n) is 14.1. The minimum absolute atomic E-state index is 0.0236. The number of fused-ring (bicyclic) bond motifs is 2. The van der Waals surface area contributed by atoms with Crippen molar-refractivity contribution >= 4 is 41.0 Å². The van der Waals surface area contributed by atoms with Crippen molar-refractivity contribution in [3.63, 3.8) is 0 Å². The van der Waals surface area contributed by atoms with Gasteiger partial charge in [-0.05, 0) is 80.8 Å². The highest BCUT2D eigenvalue weighted by Gasteiger charge is 2.31. The summed E-state index contributed by atoms with van der Waals surface area (Å²) in [6.07, 6.45) is 12.4. The molecule has 4 heterocycles. The number of hydrogen-bond acceptors (Lipinski definition) is 8. The number of Topliss-reactive ketones (excluding diaryl/α,β-unsaturated/α-hetero) is 2. The number of hydrogen-bond donors (Lipinski definition) is 2. The van der Waals surface area contributed by atoms with E-state index in [1.807, 2.05) is 59.3 Å². The quantitative estimate of drug-likeness (QED) is 0.0908. The van der Waals surface area contributed by atoms with Crippen LogP contribution >= 0.6 is 0 Å². The van der Waals surface area contributed by atoms with Crippen molar-refractivity contribution in [2.45, 2.75) is 70.3 Å². The maximum Gasteiger partial charge on any atom is 0.256 e. The van der Waals surface area contributed by atoms with Crippen LogP contribution in [0.25, 0.3) is 11.1 Å². The average Bonchev–Trinajstić information content (AvgIpc) is 3.71. The average molecular weight is 735 g/mol. The number of anilines is 1. The Hall–Kier alpha value is -5.49. The van der Waals surface area contributed by atoms with Crippen LogP contribution in [0.5, 0.6) is 11.5 Å². The molecule has 6 rings (SSSR count). The first-order chi connectivity index (χ1) is 26.1. The Balaban J connectivity index is 0.942. The molecule has 4 aromatic rings. The van der Waals surface area contributed by atoms with Gasteiger partial charge in [-0.2, -0.15) is 0 Å². The van der Waals surface area contributed by atoms with Crippen LogP contribution in [0.1, 0.15) is 94.7 Å². The highest BCUT2D eigenvalue weighted by atomic mass is 16.5. The number of piperidine rings is 1. The zero-order valence-electron chi connectivity index (χ0n) is 31.4. The number of unbranched alkanes of at least 4 members (excludes halogenated alkanes) is 2. The van der Waals surface area contributed by atoms with E-state index in [1.54, 1.807) is 43.1 Å². The predicted octanol–water partition coefficient (Wildman–Crippen LogP) is 6.67. The summed E-state index contributed by atoms with van der Waals surface area (Å²) in [7, 11) is 5.22. The molecule has 12 nitrogen and oxygen atoms in total. The fourth-order valence-corrected chi connectivity index (χ4v) is 7.15. The van der Waals surface area contributed by atoms with Crippen LogP contribution < -0.4 is 20.5 Å². The summed E-state index contributed by atoms with van der Waals surface area (Å²) in [6.45, 7) is 1.65. The van der Waals surface area contributed by atoms with Gasteiger partial charge in [0, 0.05) is 70.1 Å². The summed E-state index contributed by atoms with van der Waals surface area (Å²) in [5, 5.41) is 2.92. The number of aromatic nitrogens is 2. The number of benzene rings is 2. The molecule has 2 amide bonds. The van der Waals surface area contributed by atoms with E-state index in [2.05, 4.69) is 10.3 Å². The number of aliphatic imine (C=N–C) groups is 1. The zero-order chi connectivity index (χ0) is 38.2. The van der Waals surface area contributed by atoms with Crippen LogP contribution in [-0.2, 0) is 25.3 Å². The largest absolute Gasteiger partial charge is 0.493 e. The van der Waals surface area contributed by atoms with Crippen molar-refractivity contribution in [3.8, 4) is 22.6 Å². The molecule has 0 saturated carbocycles. The fourth-order valence-electron chi connectivity index (χ4n) is 7.15. The molecule has 0 bridgehead atoms. The van der Waals surface area contributed by atoms with E-state index in [0.29, 0.717) is 78.7 Å². The van der Waals surface area contributed by atoms with E-state index < -0.39 is 0 Å². The smallest absolute Gasteiger partial charge is 0.256 e. The Morgan fingerprint density at radius 1 is 0.870 bits per heavy atom. The fraction of sp³-hybridized carbons (Fsp3) is 0.405. The molecule has 1 saturated heterocycles. The van der Waals surface area contributed by atoms with Crippen molar-refractivity contribution in [2.75, 3.05) is 32.1 Å². The number of carbonyl (C=O) groups excluding carboxylic acids is 4. The van der Waals surface area contributed by atoms with Crippen molar-refractivity contribution in [3.05, 3.63) is 83.4 Å². The third-order valence-electron chi connectivity index (χ3n) is 10.1. The van der Waals surface area contributed by atoms with Gasteiger partial charge in [0.1, 0.15) is 0 Å². The number of aryl methyl sites for hydroxylation is 2. The number of ether oxygens (including phenoxy) is 2. The van der Waals surface area contributed by atoms with Crippen molar-refractivity contribution in [1.29, 1.82) is 0 Å². The van der Waals surface area contributed by atoms with Crippen LogP contribution in [0.15, 0.2) is 65.9 Å². The number of carbonyl (C=O) groups is 4. The van der Waals surface area contributed by atoms with E-state index in [0.717, 1.165) is 55.3 Å². The monoisotopic (exact) mass is 734 g/mol. The van der Waals surface area contributed by atoms with Gasteiger partial charge in [0.25, 0.3) is 5.91 Å². The highest BCUT2D eigenvalue weighted by molar-refractivity contribution is 6.03. The SMILES string of the molecule is COc1cc2c(cc1OCCCCCC(=O)Nc1cc(C(=O)Cc3ccc(-c4cc(C(=O)CCCN)n(C)c4)cc3)n(C)c1)N=C[C@@H]1CCCCN1C2=O. The van der Waals surface area contributed by atoms with Crippen LogP contribution in [-0.4, -0.2) is 76.5 Å². The molecule has 54 heavy (non-hydrogen) atoms. The first-order valence-electron chi connectivity index (χ1n) is 18.8. The number of amides is 2. The normalized spacial score (nSPS) is 15.0. The van der Waals surface area contributed by atoms with Gasteiger partial charge in [-0.3, -0.25) is 24.2 Å². The molecule has 2 aliphatic heterocycles. The van der Waals surface area contributed by atoms with Crippen molar-refractivity contribution < 1.29 is 28.7 Å². The molecule has 284 valence electrons. The molecule has 0 spiro atoms. The van der Waals surface area contributed by atoms with Crippen LogP contribution in [0.2, 0.25) is 0 Å². The Morgan fingerprint density at radius 3 is 2.43 bits per heavy atom. The maximum absolute atomic E-state index is 13.2. The van der Waals surface area contributed by atoms with Gasteiger partial charge < -0.3 is 34.6 Å². The second-order valence-corrected chi connectivity index (χ2v) is 14.1. The highest BCUT2D eigenvalue weighted by Crippen LogP contribution is 2.38. The molecular weight excluding hydrogens is 684 g/mol. The first-order valence-corrected chi connectivity index (χ1v) is 18.8. The molecule has 2 aliphatic rings. The lowest BCUT2D eigenvalue weighted by molar-refractivity contribution is -0.116. The molecule has 0 radical (unpaired) electrons. The minimum atomic E-state index is -0.118. The van der Waals surface area contributed by atoms with E-state index in [1.165, 1.54) is 0 Å². The lowest BCUT2D eigenvalue weighted by Crippen LogP contribution is -2.43. The van der Waals surface area contributed by atoms with Gasteiger partial charge in [0.2, 0.25) is 5.91 Å². The first kappa shape index (κ1) is 38.2. The van der Waals surface area contributed by atoms with Gasteiger partial charge in [0.05, 0.1) is 48.1 Å². The van der Waals surface area contributed by atoms with E-state index in [-0.39, 0.29) is 35.8 Å². The number of nitrogens with one attached hydrogen (secondary N) is 1. The molecular formula is C42H50N6O6. The Bertz CT molecular complexity index is 2030. The summed E-state index contributed by atoms with van der Waals surface area (Å²) in [5.41, 5.74) is 11.2. The molecule has 0 aliphatic carbocycles.